The van der Waals surface area contributed by atoms with Gasteiger partial charge in [-0.25, -0.2) is 10.6 Å². The van der Waals surface area contributed by atoms with E-state index < -0.39 is 23.6 Å². The third kappa shape index (κ3) is 3.52. The summed E-state index contributed by atoms with van der Waals surface area (Å²) in [5, 5.41) is 4.16. The SMILES string of the molecule is CC(C)(C)OC(=O)N1C[C@H](n2cccn2)C[C@H]1C(=O)NN. The van der Waals surface area contributed by atoms with Crippen molar-refractivity contribution in [3.8, 4) is 0 Å². The molecule has 1 aliphatic heterocycles. The highest BCUT2D eigenvalue weighted by atomic mass is 16.6. The molecule has 3 N–H and O–H groups in total. The smallest absolute Gasteiger partial charge is 0.411 e. The average Bonchev–Trinajstić information content (AvgIpc) is 3.04. The van der Waals surface area contributed by atoms with E-state index in [-0.39, 0.29) is 6.04 Å². The van der Waals surface area contributed by atoms with Crippen LogP contribution in [0.2, 0.25) is 0 Å². The van der Waals surface area contributed by atoms with Gasteiger partial charge in [0.25, 0.3) is 5.91 Å². The maximum absolute atomic E-state index is 12.3. The summed E-state index contributed by atoms with van der Waals surface area (Å²) in [4.78, 5) is 25.6. The molecule has 1 aliphatic rings. The number of carbonyl (C=O) groups excluding carboxylic acids is 2. The molecule has 0 radical (unpaired) electrons. The Hall–Kier alpha value is -2.09. The lowest BCUT2D eigenvalue weighted by molar-refractivity contribution is -0.125. The highest BCUT2D eigenvalue weighted by molar-refractivity contribution is 5.86. The third-order valence-corrected chi connectivity index (χ3v) is 3.25. The predicted octanol–water partition coefficient (Wildman–Crippen LogP) is 0.424. The van der Waals surface area contributed by atoms with Crippen LogP contribution in [0.5, 0.6) is 0 Å². The molecule has 8 nitrogen and oxygen atoms in total. The van der Waals surface area contributed by atoms with Crippen LogP contribution in [0.25, 0.3) is 0 Å². The van der Waals surface area contributed by atoms with Crippen molar-refractivity contribution in [3.63, 3.8) is 0 Å². The molecule has 0 spiro atoms. The Morgan fingerprint density at radius 2 is 2.14 bits per heavy atom. The van der Waals surface area contributed by atoms with Gasteiger partial charge in [0.2, 0.25) is 0 Å². The van der Waals surface area contributed by atoms with Crippen LogP contribution in [0.3, 0.4) is 0 Å². The fourth-order valence-corrected chi connectivity index (χ4v) is 2.37. The van der Waals surface area contributed by atoms with Crippen molar-refractivity contribution in [3.05, 3.63) is 18.5 Å². The molecule has 1 aromatic heterocycles. The predicted molar refractivity (Wildman–Crippen MR) is 74.9 cm³/mol. The Kier molecular flexibility index (Phi) is 4.17. The van der Waals surface area contributed by atoms with Crippen molar-refractivity contribution in [2.45, 2.75) is 44.9 Å². The van der Waals surface area contributed by atoms with Gasteiger partial charge in [0, 0.05) is 25.4 Å². The molecule has 1 aromatic rings. The lowest BCUT2D eigenvalue weighted by Crippen LogP contribution is -2.49. The van der Waals surface area contributed by atoms with Crippen LogP contribution in [0.1, 0.15) is 33.2 Å². The first-order valence-corrected chi connectivity index (χ1v) is 6.81. The molecule has 0 saturated carbocycles. The van der Waals surface area contributed by atoms with Gasteiger partial charge in [0.1, 0.15) is 11.6 Å². The maximum atomic E-state index is 12.3. The second-order valence-electron chi connectivity index (χ2n) is 6.03. The number of aromatic nitrogens is 2. The molecular formula is C13H21N5O3. The first-order chi connectivity index (χ1) is 9.81. The normalized spacial score (nSPS) is 22.2. The summed E-state index contributed by atoms with van der Waals surface area (Å²) in [6, 6.07) is 1.07. The van der Waals surface area contributed by atoms with Crippen LogP contribution in [0, 0.1) is 0 Å². The first kappa shape index (κ1) is 15.3. The molecule has 0 aromatic carbocycles. The van der Waals surface area contributed by atoms with Crippen LogP contribution < -0.4 is 11.3 Å². The van der Waals surface area contributed by atoms with Crippen molar-refractivity contribution in [1.29, 1.82) is 0 Å². The quantitative estimate of drug-likeness (QED) is 0.468. The van der Waals surface area contributed by atoms with E-state index in [2.05, 4.69) is 10.5 Å². The van der Waals surface area contributed by atoms with Crippen LogP contribution in [-0.2, 0) is 9.53 Å². The third-order valence-electron chi connectivity index (χ3n) is 3.25. The summed E-state index contributed by atoms with van der Waals surface area (Å²) in [7, 11) is 0. The monoisotopic (exact) mass is 295 g/mol. The van der Waals surface area contributed by atoms with Crippen molar-refractivity contribution >= 4 is 12.0 Å². The number of ether oxygens (including phenoxy) is 1. The van der Waals surface area contributed by atoms with Crippen LogP contribution in [0.4, 0.5) is 4.79 Å². The number of rotatable bonds is 2. The fourth-order valence-electron chi connectivity index (χ4n) is 2.37. The standard InChI is InChI=1S/C13H21N5O3/c1-13(2,3)21-12(20)17-8-9(18-6-4-5-15-18)7-10(17)11(19)16-14/h4-6,9-10H,7-8,14H2,1-3H3,(H,16,19)/t9-,10+/m1/s1. The maximum Gasteiger partial charge on any atom is 0.411 e. The molecule has 1 saturated heterocycles. The summed E-state index contributed by atoms with van der Waals surface area (Å²) in [5.41, 5.74) is 1.48. The molecule has 2 heterocycles. The molecule has 1 fully saturated rings. The van der Waals surface area contributed by atoms with Gasteiger partial charge in [-0.3, -0.25) is 19.8 Å². The summed E-state index contributed by atoms with van der Waals surface area (Å²) >= 11 is 0. The fraction of sp³-hybridized carbons (Fsp3) is 0.615. The molecule has 2 atom stereocenters. The zero-order valence-electron chi connectivity index (χ0n) is 12.4. The number of hydrazine groups is 1. The Morgan fingerprint density at radius 3 is 2.67 bits per heavy atom. The van der Waals surface area contributed by atoms with Gasteiger partial charge in [0.05, 0.1) is 6.04 Å². The van der Waals surface area contributed by atoms with E-state index >= 15 is 0 Å². The summed E-state index contributed by atoms with van der Waals surface area (Å²) < 4.78 is 7.09. The summed E-state index contributed by atoms with van der Waals surface area (Å²) in [5.74, 6) is 4.80. The Bertz CT molecular complexity index is 508. The van der Waals surface area contributed by atoms with E-state index in [1.165, 1.54) is 4.90 Å². The topological polar surface area (TPSA) is 102 Å². The van der Waals surface area contributed by atoms with Crippen molar-refractivity contribution in [2.24, 2.45) is 5.84 Å². The van der Waals surface area contributed by atoms with Gasteiger partial charge >= 0.3 is 6.09 Å². The number of likely N-dealkylation sites (tertiary alicyclic amines) is 1. The number of nitrogens with one attached hydrogen (secondary N) is 1. The number of nitrogens with zero attached hydrogens (tertiary/aromatic N) is 3. The second kappa shape index (κ2) is 5.72. The minimum atomic E-state index is -0.654. The minimum Gasteiger partial charge on any atom is -0.444 e. The number of carbonyl (C=O) groups is 2. The molecule has 2 amide bonds. The first-order valence-electron chi connectivity index (χ1n) is 6.81. The van der Waals surface area contributed by atoms with E-state index in [1.54, 1.807) is 43.9 Å². The molecule has 0 bridgehead atoms. The van der Waals surface area contributed by atoms with Crippen LogP contribution >= 0.6 is 0 Å². The molecule has 2 rings (SSSR count). The molecule has 8 heteroatoms. The van der Waals surface area contributed by atoms with Gasteiger partial charge in [0.15, 0.2) is 0 Å². The minimum absolute atomic E-state index is 0.0742. The highest BCUT2D eigenvalue weighted by Gasteiger charge is 2.42. The molecular weight excluding hydrogens is 274 g/mol. The Labute approximate surface area is 123 Å². The zero-order valence-corrected chi connectivity index (χ0v) is 12.4. The van der Waals surface area contributed by atoms with E-state index in [9.17, 15) is 9.59 Å². The number of hydrogen-bond donors (Lipinski definition) is 2. The van der Waals surface area contributed by atoms with Crippen molar-refractivity contribution in [1.82, 2.24) is 20.1 Å². The Balaban J connectivity index is 2.16. The molecule has 0 unspecified atom stereocenters. The second-order valence-corrected chi connectivity index (χ2v) is 6.03. The molecule has 116 valence electrons. The zero-order chi connectivity index (χ0) is 15.6. The Morgan fingerprint density at radius 1 is 1.43 bits per heavy atom. The number of hydrogen-bond acceptors (Lipinski definition) is 5. The summed E-state index contributed by atoms with van der Waals surface area (Å²) in [6.45, 7) is 5.70. The van der Waals surface area contributed by atoms with Gasteiger partial charge in [-0.15, -0.1) is 0 Å². The average molecular weight is 295 g/mol. The van der Waals surface area contributed by atoms with Crippen molar-refractivity contribution < 1.29 is 14.3 Å². The lowest BCUT2D eigenvalue weighted by Gasteiger charge is -2.27. The largest absolute Gasteiger partial charge is 0.444 e. The van der Waals surface area contributed by atoms with Gasteiger partial charge < -0.3 is 4.74 Å². The van der Waals surface area contributed by atoms with E-state index in [0.29, 0.717) is 13.0 Å². The molecule has 21 heavy (non-hydrogen) atoms. The van der Waals surface area contributed by atoms with Gasteiger partial charge in [-0.2, -0.15) is 5.10 Å². The molecule has 0 aliphatic carbocycles. The van der Waals surface area contributed by atoms with E-state index in [1.807, 2.05) is 0 Å². The lowest BCUT2D eigenvalue weighted by atomic mass is 10.1. The van der Waals surface area contributed by atoms with Gasteiger partial charge in [-0.1, -0.05) is 0 Å². The van der Waals surface area contributed by atoms with E-state index in [0.717, 1.165) is 0 Å². The van der Waals surface area contributed by atoms with Gasteiger partial charge in [-0.05, 0) is 26.8 Å². The number of nitrogens with two attached hydrogens (primary N) is 1. The van der Waals surface area contributed by atoms with Crippen LogP contribution in [-0.4, -0.2) is 44.9 Å². The van der Waals surface area contributed by atoms with Crippen molar-refractivity contribution in [2.75, 3.05) is 6.54 Å². The van der Waals surface area contributed by atoms with Crippen LogP contribution in [0.15, 0.2) is 18.5 Å². The summed E-state index contributed by atoms with van der Waals surface area (Å²) in [6.07, 6.45) is 3.39. The highest BCUT2D eigenvalue weighted by Crippen LogP contribution is 2.28. The number of amides is 2. The van der Waals surface area contributed by atoms with E-state index in [4.69, 9.17) is 10.6 Å².